The molecule has 1 saturated heterocycles. The molecule has 1 amide bonds. The molecule has 0 bridgehead atoms. The molecule has 1 aliphatic heterocycles. The summed E-state index contributed by atoms with van der Waals surface area (Å²) in [6.45, 7) is 2.69. The lowest BCUT2D eigenvalue weighted by atomic mass is 9.77. The van der Waals surface area contributed by atoms with Gasteiger partial charge in [-0.1, -0.05) is 25.1 Å². The van der Waals surface area contributed by atoms with Gasteiger partial charge < -0.3 is 14.7 Å². The van der Waals surface area contributed by atoms with Crippen LogP contribution in [0.15, 0.2) is 30.3 Å². The van der Waals surface area contributed by atoms with E-state index in [1.807, 2.05) is 25.1 Å². The van der Waals surface area contributed by atoms with Gasteiger partial charge in [0.15, 0.2) is 6.61 Å². The van der Waals surface area contributed by atoms with Crippen LogP contribution in [0.3, 0.4) is 0 Å². The summed E-state index contributed by atoms with van der Waals surface area (Å²) in [7, 11) is 0. The molecule has 0 saturated carbocycles. The molecular formula is C16H21NO4. The molecule has 1 N–H and O–H groups in total. The Morgan fingerprint density at radius 3 is 2.67 bits per heavy atom. The Balaban J connectivity index is 1.94. The second-order valence-electron chi connectivity index (χ2n) is 5.46. The largest absolute Gasteiger partial charge is 0.484 e. The van der Waals surface area contributed by atoms with Gasteiger partial charge in [-0.3, -0.25) is 9.59 Å². The number of carbonyl (C=O) groups is 2. The summed E-state index contributed by atoms with van der Waals surface area (Å²) in [5.74, 6) is -0.327. The number of hydrogen-bond acceptors (Lipinski definition) is 3. The normalized spacial score (nSPS) is 21.9. The molecule has 0 radical (unpaired) electrons. The number of rotatable bonds is 5. The standard InChI is InChI=1S/C16H21NO4/c1-2-16(15(19)20)9-6-10-17(12-16)14(18)11-21-13-7-4-3-5-8-13/h3-5,7-8H,2,6,9-12H2,1H3,(H,19,20). The SMILES string of the molecule is CCC1(C(=O)O)CCCN(C(=O)COc2ccccc2)C1. The number of carbonyl (C=O) groups excluding carboxylic acids is 1. The van der Waals surface area contributed by atoms with Crippen molar-refractivity contribution in [2.24, 2.45) is 5.41 Å². The molecule has 0 aliphatic carbocycles. The Bertz CT molecular complexity index is 502. The molecule has 114 valence electrons. The van der Waals surface area contributed by atoms with Gasteiger partial charge in [-0.25, -0.2) is 0 Å². The van der Waals surface area contributed by atoms with Gasteiger partial charge in [0.1, 0.15) is 5.75 Å². The molecule has 1 aromatic rings. The molecule has 5 nitrogen and oxygen atoms in total. The summed E-state index contributed by atoms with van der Waals surface area (Å²) in [4.78, 5) is 25.3. The highest BCUT2D eigenvalue weighted by Gasteiger charge is 2.42. The minimum absolute atomic E-state index is 0.0522. The quantitative estimate of drug-likeness (QED) is 0.903. The summed E-state index contributed by atoms with van der Waals surface area (Å²) in [5.41, 5.74) is -0.805. The summed E-state index contributed by atoms with van der Waals surface area (Å²) in [6, 6.07) is 9.14. The number of amides is 1. The first kappa shape index (κ1) is 15.4. The third kappa shape index (κ3) is 3.54. The molecule has 21 heavy (non-hydrogen) atoms. The monoisotopic (exact) mass is 291 g/mol. The van der Waals surface area contributed by atoms with Crippen molar-refractivity contribution in [3.63, 3.8) is 0 Å². The summed E-state index contributed by atoms with van der Waals surface area (Å²) >= 11 is 0. The molecule has 1 fully saturated rings. The zero-order chi connectivity index (χ0) is 15.3. The fourth-order valence-electron chi connectivity index (χ4n) is 2.71. The number of ether oxygens (including phenoxy) is 1. The van der Waals surface area contributed by atoms with Crippen molar-refractivity contribution in [1.29, 1.82) is 0 Å². The van der Waals surface area contributed by atoms with Crippen molar-refractivity contribution in [2.75, 3.05) is 19.7 Å². The summed E-state index contributed by atoms with van der Waals surface area (Å²) in [5, 5.41) is 9.43. The third-order valence-electron chi connectivity index (χ3n) is 4.17. The van der Waals surface area contributed by atoms with Gasteiger partial charge in [0.2, 0.25) is 0 Å². The maximum absolute atomic E-state index is 12.2. The number of benzene rings is 1. The number of carboxylic acids is 1. The number of para-hydroxylation sites is 1. The first-order valence-corrected chi connectivity index (χ1v) is 7.26. The topological polar surface area (TPSA) is 66.8 Å². The smallest absolute Gasteiger partial charge is 0.311 e. The molecule has 1 unspecified atom stereocenters. The van der Waals surface area contributed by atoms with E-state index in [4.69, 9.17) is 4.74 Å². The van der Waals surface area contributed by atoms with E-state index in [0.29, 0.717) is 25.1 Å². The van der Waals surface area contributed by atoms with E-state index in [1.54, 1.807) is 17.0 Å². The van der Waals surface area contributed by atoms with Gasteiger partial charge in [0.25, 0.3) is 5.91 Å². The summed E-state index contributed by atoms with van der Waals surface area (Å²) < 4.78 is 5.44. The van der Waals surface area contributed by atoms with Crippen LogP contribution >= 0.6 is 0 Å². The van der Waals surface area contributed by atoms with Crippen molar-refractivity contribution in [3.05, 3.63) is 30.3 Å². The molecule has 2 rings (SSSR count). The van der Waals surface area contributed by atoms with Gasteiger partial charge in [-0.05, 0) is 31.4 Å². The lowest BCUT2D eigenvalue weighted by molar-refractivity contribution is -0.155. The molecule has 5 heteroatoms. The van der Waals surface area contributed by atoms with Crippen LogP contribution in [0.25, 0.3) is 0 Å². The number of piperidine rings is 1. The van der Waals surface area contributed by atoms with E-state index >= 15 is 0 Å². The van der Waals surface area contributed by atoms with E-state index in [-0.39, 0.29) is 19.1 Å². The maximum atomic E-state index is 12.2. The predicted molar refractivity (Wildman–Crippen MR) is 78.1 cm³/mol. The number of carboxylic acid groups (broad SMARTS) is 1. The Morgan fingerprint density at radius 2 is 2.05 bits per heavy atom. The molecular weight excluding hydrogens is 270 g/mol. The molecule has 0 spiro atoms. The van der Waals surface area contributed by atoms with Crippen LogP contribution in [0.4, 0.5) is 0 Å². The minimum atomic E-state index is -0.813. The predicted octanol–water partition coefficient (Wildman–Crippen LogP) is 2.17. The Morgan fingerprint density at radius 1 is 1.33 bits per heavy atom. The Kier molecular flexibility index (Phi) is 4.83. The highest BCUT2D eigenvalue weighted by molar-refractivity contribution is 5.80. The van der Waals surface area contributed by atoms with E-state index < -0.39 is 11.4 Å². The van der Waals surface area contributed by atoms with Crippen LogP contribution in [0.1, 0.15) is 26.2 Å². The summed E-state index contributed by atoms with van der Waals surface area (Å²) in [6.07, 6.45) is 1.88. The van der Waals surface area contributed by atoms with Crippen LogP contribution in [0.2, 0.25) is 0 Å². The van der Waals surface area contributed by atoms with Crippen molar-refractivity contribution < 1.29 is 19.4 Å². The van der Waals surface area contributed by atoms with Gasteiger partial charge in [-0.2, -0.15) is 0 Å². The van der Waals surface area contributed by atoms with Crippen molar-refractivity contribution >= 4 is 11.9 Å². The number of hydrogen-bond donors (Lipinski definition) is 1. The van der Waals surface area contributed by atoms with Crippen LogP contribution in [0.5, 0.6) is 5.75 Å². The maximum Gasteiger partial charge on any atom is 0.311 e. The van der Waals surface area contributed by atoms with Crippen LogP contribution in [0, 0.1) is 5.41 Å². The molecule has 1 aromatic carbocycles. The number of aliphatic carboxylic acids is 1. The van der Waals surface area contributed by atoms with Crippen molar-refractivity contribution in [2.45, 2.75) is 26.2 Å². The van der Waals surface area contributed by atoms with E-state index in [9.17, 15) is 14.7 Å². The zero-order valence-corrected chi connectivity index (χ0v) is 12.2. The van der Waals surface area contributed by atoms with Crippen LogP contribution in [-0.2, 0) is 9.59 Å². The fourth-order valence-corrected chi connectivity index (χ4v) is 2.71. The molecule has 1 aliphatic rings. The van der Waals surface area contributed by atoms with Gasteiger partial charge >= 0.3 is 5.97 Å². The molecule has 0 aromatic heterocycles. The lowest BCUT2D eigenvalue weighted by Gasteiger charge is -2.39. The lowest BCUT2D eigenvalue weighted by Crippen LogP contribution is -2.50. The van der Waals surface area contributed by atoms with Gasteiger partial charge in [0.05, 0.1) is 5.41 Å². The van der Waals surface area contributed by atoms with Crippen LogP contribution < -0.4 is 4.74 Å². The van der Waals surface area contributed by atoms with Gasteiger partial charge in [0, 0.05) is 13.1 Å². The molecule has 1 atom stereocenters. The fraction of sp³-hybridized carbons (Fsp3) is 0.500. The minimum Gasteiger partial charge on any atom is -0.484 e. The second-order valence-corrected chi connectivity index (χ2v) is 5.46. The van der Waals surface area contributed by atoms with Crippen molar-refractivity contribution in [3.8, 4) is 5.75 Å². The van der Waals surface area contributed by atoms with E-state index in [1.165, 1.54) is 0 Å². The van der Waals surface area contributed by atoms with Gasteiger partial charge in [-0.15, -0.1) is 0 Å². The second kappa shape index (κ2) is 6.61. The first-order valence-electron chi connectivity index (χ1n) is 7.26. The number of nitrogens with zero attached hydrogens (tertiary/aromatic N) is 1. The Hall–Kier alpha value is -2.04. The Labute approximate surface area is 124 Å². The third-order valence-corrected chi connectivity index (χ3v) is 4.17. The highest BCUT2D eigenvalue weighted by Crippen LogP contribution is 2.33. The van der Waals surface area contributed by atoms with E-state index in [0.717, 1.165) is 6.42 Å². The van der Waals surface area contributed by atoms with Crippen LogP contribution in [-0.4, -0.2) is 41.6 Å². The average molecular weight is 291 g/mol. The highest BCUT2D eigenvalue weighted by atomic mass is 16.5. The van der Waals surface area contributed by atoms with Crippen molar-refractivity contribution in [1.82, 2.24) is 4.90 Å². The first-order chi connectivity index (χ1) is 10.1. The zero-order valence-electron chi connectivity index (χ0n) is 12.2. The van der Waals surface area contributed by atoms with E-state index in [2.05, 4.69) is 0 Å². The molecule has 1 heterocycles. The number of likely N-dealkylation sites (tertiary alicyclic amines) is 1. The average Bonchev–Trinajstić information content (AvgIpc) is 2.53.